The highest BCUT2D eigenvalue weighted by molar-refractivity contribution is 5.70. The first-order chi connectivity index (χ1) is 29.6. The number of esters is 2. The van der Waals surface area contributed by atoms with Gasteiger partial charge in [0.2, 0.25) is 0 Å². The number of rotatable bonds is 47. The van der Waals surface area contributed by atoms with Gasteiger partial charge in [-0.3, -0.25) is 9.59 Å². The lowest BCUT2D eigenvalue weighted by molar-refractivity contribution is -0.163. The molecule has 0 spiro atoms. The first-order valence-corrected chi connectivity index (χ1v) is 25.8. The topological polar surface area (TPSA) is 61.8 Å². The molecular formula is C55H98O5. The molecule has 0 rings (SSSR count). The molecule has 0 radical (unpaired) electrons. The molecule has 1 unspecified atom stereocenters. The maximum atomic E-state index is 12.8. The van der Waals surface area contributed by atoms with Gasteiger partial charge in [0.1, 0.15) is 6.61 Å². The average molecular weight is 839 g/mol. The highest BCUT2D eigenvalue weighted by Crippen LogP contribution is 2.15. The summed E-state index contributed by atoms with van der Waals surface area (Å²) in [5.74, 6) is -0.425. The van der Waals surface area contributed by atoms with Crippen molar-refractivity contribution in [2.75, 3.05) is 19.8 Å². The van der Waals surface area contributed by atoms with E-state index in [9.17, 15) is 9.59 Å². The summed E-state index contributed by atoms with van der Waals surface area (Å²) in [6, 6.07) is 0. The molecule has 0 saturated heterocycles. The van der Waals surface area contributed by atoms with Gasteiger partial charge in [0.25, 0.3) is 0 Å². The quantitative estimate of drug-likeness (QED) is 0.0347. The van der Waals surface area contributed by atoms with E-state index in [0.29, 0.717) is 19.4 Å². The lowest BCUT2D eigenvalue weighted by Gasteiger charge is -2.18. The molecular weight excluding hydrogens is 741 g/mol. The lowest BCUT2D eigenvalue weighted by atomic mass is 10.0. The van der Waals surface area contributed by atoms with Crippen LogP contribution in [0.5, 0.6) is 0 Å². The number of ether oxygens (including phenoxy) is 3. The molecule has 0 N–H and O–H groups in total. The van der Waals surface area contributed by atoms with E-state index in [4.69, 9.17) is 14.2 Å². The molecule has 5 heteroatoms. The van der Waals surface area contributed by atoms with Crippen LogP contribution in [-0.4, -0.2) is 37.9 Å². The van der Waals surface area contributed by atoms with E-state index in [2.05, 4.69) is 81.5 Å². The fourth-order valence-corrected chi connectivity index (χ4v) is 7.22. The Labute approximate surface area is 373 Å². The van der Waals surface area contributed by atoms with Gasteiger partial charge < -0.3 is 14.2 Å². The zero-order valence-corrected chi connectivity index (χ0v) is 40.0. The standard InChI is InChI=1S/C55H98O5/c1-4-7-10-13-16-19-22-25-27-28-29-31-33-36-39-42-45-48-54(56)59-52-53(51-58-50-47-44-41-38-35-32-26-23-20-17-14-11-8-5-2)60-55(57)49-46-43-40-37-34-30-24-21-18-15-12-9-6-3/h8,11,17,20,25-27,32,38,41,53H,4-7,9-10,12-16,18-19,21-24,28-31,33-37,39-40,42-52H2,1-3H3/b11-8-,20-17-,27-25-,32-26-,41-38-. The Bertz CT molecular complexity index is 1040. The van der Waals surface area contributed by atoms with E-state index in [1.165, 1.54) is 148 Å². The van der Waals surface area contributed by atoms with Gasteiger partial charge in [-0.2, -0.15) is 0 Å². The Morgan fingerprint density at radius 1 is 0.383 bits per heavy atom. The number of hydrogen-bond acceptors (Lipinski definition) is 5. The van der Waals surface area contributed by atoms with Crippen molar-refractivity contribution in [3.8, 4) is 0 Å². The van der Waals surface area contributed by atoms with E-state index in [1.54, 1.807) is 0 Å². The third kappa shape index (κ3) is 48.3. The molecule has 0 aromatic rings. The fraction of sp³-hybridized carbons (Fsp3) is 0.782. The molecule has 0 aliphatic carbocycles. The van der Waals surface area contributed by atoms with E-state index in [0.717, 1.165) is 70.6 Å². The summed E-state index contributed by atoms with van der Waals surface area (Å²) in [6.07, 6.45) is 63.8. The van der Waals surface area contributed by atoms with Gasteiger partial charge in [-0.1, -0.05) is 223 Å². The lowest BCUT2D eigenvalue weighted by Crippen LogP contribution is -2.30. The minimum absolute atomic E-state index is 0.0629. The largest absolute Gasteiger partial charge is 0.462 e. The summed E-state index contributed by atoms with van der Waals surface area (Å²) in [5.41, 5.74) is 0. The van der Waals surface area contributed by atoms with Crippen LogP contribution in [0.25, 0.3) is 0 Å². The van der Waals surface area contributed by atoms with Crippen molar-refractivity contribution in [3.63, 3.8) is 0 Å². The molecule has 0 bridgehead atoms. The van der Waals surface area contributed by atoms with Crippen LogP contribution in [0.2, 0.25) is 0 Å². The fourth-order valence-electron chi connectivity index (χ4n) is 7.22. The Balaban J connectivity index is 4.31. The van der Waals surface area contributed by atoms with Crippen LogP contribution >= 0.6 is 0 Å². The summed E-state index contributed by atoms with van der Waals surface area (Å²) in [6.45, 7) is 7.59. The molecule has 0 amide bonds. The Hall–Kier alpha value is -2.40. The SMILES string of the molecule is CC/C=C\C/C=C\C/C=C\C/C=C\CCCOCC(COC(=O)CCCCCCCCC/C=C\CCCCCCCC)OC(=O)CCCCCCCCCCCCCCC. The van der Waals surface area contributed by atoms with Crippen molar-refractivity contribution in [1.29, 1.82) is 0 Å². The first kappa shape index (κ1) is 57.6. The maximum absolute atomic E-state index is 12.8. The number of carbonyl (C=O) groups is 2. The molecule has 0 aromatic heterocycles. The number of unbranched alkanes of at least 4 members (excludes halogenated alkanes) is 26. The van der Waals surface area contributed by atoms with Crippen LogP contribution in [0, 0.1) is 0 Å². The highest BCUT2D eigenvalue weighted by Gasteiger charge is 2.17. The predicted octanol–water partition coefficient (Wildman–Crippen LogP) is 17.3. The minimum Gasteiger partial charge on any atom is -0.462 e. The average Bonchev–Trinajstić information content (AvgIpc) is 3.25. The van der Waals surface area contributed by atoms with Crippen molar-refractivity contribution in [1.82, 2.24) is 0 Å². The number of hydrogen-bond donors (Lipinski definition) is 0. The monoisotopic (exact) mass is 839 g/mol. The van der Waals surface area contributed by atoms with Crippen LogP contribution in [-0.2, 0) is 23.8 Å². The highest BCUT2D eigenvalue weighted by atomic mass is 16.6. The van der Waals surface area contributed by atoms with Gasteiger partial charge in [-0.05, 0) is 77.0 Å². The summed E-state index contributed by atoms with van der Waals surface area (Å²) in [4.78, 5) is 25.4. The number of carbonyl (C=O) groups excluding carboxylic acids is 2. The van der Waals surface area contributed by atoms with Crippen LogP contribution in [0.4, 0.5) is 0 Å². The van der Waals surface area contributed by atoms with E-state index < -0.39 is 6.10 Å². The van der Waals surface area contributed by atoms with Gasteiger partial charge >= 0.3 is 11.9 Å². The zero-order valence-electron chi connectivity index (χ0n) is 40.0. The zero-order chi connectivity index (χ0) is 43.5. The molecule has 5 nitrogen and oxygen atoms in total. The minimum atomic E-state index is -0.564. The van der Waals surface area contributed by atoms with E-state index in [1.807, 2.05) is 0 Å². The maximum Gasteiger partial charge on any atom is 0.306 e. The molecule has 0 saturated carbocycles. The van der Waals surface area contributed by atoms with Gasteiger partial charge in [-0.25, -0.2) is 0 Å². The van der Waals surface area contributed by atoms with Crippen molar-refractivity contribution < 1.29 is 23.8 Å². The van der Waals surface area contributed by atoms with Crippen molar-refractivity contribution in [2.24, 2.45) is 0 Å². The predicted molar refractivity (Wildman–Crippen MR) is 261 cm³/mol. The third-order valence-electron chi connectivity index (χ3n) is 11.0. The smallest absolute Gasteiger partial charge is 0.306 e. The Morgan fingerprint density at radius 3 is 1.22 bits per heavy atom. The van der Waals surface area contributed by atoms with E-state index >= 15 is 0 Å². The molecule has 60 heavy (non-hydrogen) atoms. The van der Waals surface area contributed by atoms with Gasteiger partial charge in [0, 0.05) is 19.4 Å². The van der Waals surface area contributed by atoms with Gasteiger partial charge in [0.15, 0.2) is 6.10 Å². The summed E-state index contributed by atoms with van der Waals surface area (Å²) < 4.78 is 17.3. The molecule has 0 aliphatic rings. The van der Waals surface area contributed by atoms with Crippen LogP contribution in [0.1, 0.15) is 252 Å². The molecule has 0 heterocycles. The Morgan fingerprint density at radius 2 is 0.750 bits per heavy atom. The van der Waals surface area contributed by atoms with Gasteiger partial charge in [0.05, 0.1) is 6.61 Å². The Kier molecular flexibility index (Phi) is 48.9. The molecule has 0 fully saturated rings. The second-order valence-corrected chi connectivity index (χ2v) is 17.0. The van der Waals surface area contributed by atoms with Crippen molar-refractivity contribution in [2.45, 2.75) is 258 Å². The van der Waals surface area contributed by atoms with Crippen molar-refractivity contribution >= 4 is 11.9 Å². The summed E-state index contributed by atoms with van der Waals surface area (Å²) in [5, 5.41) is 0. The van der Waals surface area contributed by atoms with Crippen LogP contribution in [0.15, 0.2) is 60.8 Å². The number of allylic oxidation sites excluding steroid dienone is 10. The third-order valence-corrected chi connectivity index (χ3v) is 11.0. The molecule has 1 atom stereocenters. The second-order valence-electron chi connectivity index (χ2n) is 17.0. The molecule has 348 valence electrons. The van der Waals surface area contributed by atoms with Crippen molar-refractivity contribution in [3.05, 3.63) is 60.8 Å². The molecule has 0 aliphatic heterocycles. The molecule has 0 aromatic carbocycles. The first-order valence-electron chi connectivity index (χ1n) is 25.8. The normalized spacial score (nSPS) is 12.7. The van der Waals surface area contributed by atoms with Gasteiger partial charge in [-0.15, -0.1) is 0 Å². The summed E-state index contributed by atoms with van der Waals surface area (Å²) >= 11 is 0. The van der Waals surface area contributed by atoms with Crippen LogP contribution in [0.3, 0.4) is 0 Å². The van der Waals surface area contributed by atoms with E-state index in [-0.39, 0.29) is 25.2 Å². The van der Waals surface area contributed by atoms with Crippen LogP contribution < -0.4 is 0 Å². The summed E-state index contributed by atoms with van der Waals surface area (Å²) in [7, 11) is 0. The second kappa shape index (κ2) is 51.0.